The molecule has 1 heterocycles. The lowest BCUT2D eigenvalue weighted by Gasteiger charge is -2.33. The minimum Gasteiger partial charge on any atom is -0.325 e. The summed E-state index contributed by atoms with van der Waals surface area (Å²) in [6.45, 7) is 0.277. The molecule has 2 aromatic rings. The zero-order valence-corrected chi connectivity index (χ0v) is 15.4. The van der Waals surface area contributed by atoms with Crippen LogP contribution in [0.15, 0.2) is 53.4 Å². The van der Waals surface area contributed by atoms with Gasteiger partial charge in [0.25, 0.3) is 0 Å². The third-order valence-corrected chi connectivity index (χ3v) is 6.51. The lowest BCUT2D eigenvalue weighted by atomic mass is 10.0. The largest absolute Gasteiger partial charge is 0.325 e. The van der Waals surface area contributed by atoms with Crippen molar-refractivity contribution in [2.75, 3.05) is 11.9 Å². The standard InChI is InChI=1S/C18H18ClFN2O3S/c19-15-12-13(9-10-16(15)20)21-18(23)17-8-4-5-11-22(17)26(24,25)14-6-2-1-3-7-14/h1-3,6-7,9-10,12,17H,4-5,8,11H2,(H,21,23)/t17-/m0/s1. The predicted molar refractivity (Wildman–Crippen MR) is 98.0 cm³/mol. The van der Waals surface area contributed by atoms with Gasteiger partial charge in [0, 0.05) is 12.2 Å². The molecular formula is C18H18ClFN2O3S. The fourth-order valence-corrected chi connectivity index (χ4v) is 4.84. The maximum atomic E-state index is 13.3. The number of benzene rings is 2. The van der Waals surface area contributed by atoms with Crippen LogP contribution in [0.25, 0.3) is 0 Å². The van der Waals surface area contributed by atoms with E-state index in [0.29, 0.717) is 18.5 Å². The highest BCUT2D eigenvalue weighted by Gasteiger charge is 2.37. The molecule has 1 aliphatic rings. The summed E-state index contributed by atoms with van der Waals surface area (Å²) in [4.78, 5) is 12.9. The Morgan fingerprint density at radius 1 is 1.15 bits per heavy atom. The molecule has 0 radical (unpaired) electrons. The highest BCUT2D eigenvalue weighted by atomic mass is 35.5. The van der Waals surface area contributed by atoms with Crippen LogP contribution >= 0.6 is 11.6 Å². The number of carbonyl (C=O) groups is 1. The number of piperidine rings is 1. The number of anilines is 1. The first kappa shape index (κ1) is 18.8. The van der Waals surface area contributed by atoms with Gasteiger partial charge in [-0.2, -0.15) is 4.31 Å². The first-order chi connectivity index (χ1) is 12.4. The van der Waals surface area contributed by atoms with Gasteiger partial charge in [-0.25, -0.2) is 12.8 Å². The van der Waals surface area contributed by atoms with Crippen LogP contribution in [0.4, 0.5) is 10.1 Å². The number of nitrogens with zero attached hydrogens (tertiary/aromatic N) is 1. The number of nitrogens with one attached hydrogen (secondary N) is 1. The molecule has 1 atom stereocenters. The quantitative estimate of drug-likeness (QED) is 0.857. The van der Waals surface area contributed by atoms with Gasteiger partial charge in [0.2, 0.25) is 15.9 Å². The lowest BCUT2D eigenvalue weighted by molar-refractivity contribution is -0.120. The Balaban J connectivity index is 1.84. The summed E-state index contributed by atoms with van der Waals surface area (Å²) in [5.74, 6) is -1.04. The van der Waals surface area contributed by atoms with Crippen molar-refractivity contribution in [2.45, 2.75) is 30.2 Å². The fourth-order valence-electron chi connectivity index (χ4n) is 2.98. The van der Waals surface area contributed by atoms with Gasteiger partial charge in [-0.05, 0) is 43.2 Å². The molecule has 2 aromatic carbocycles. The maximum Gasteiger partial charge on any atom is 0.243 e. The summed E-state index contributed by atoms with van der Waals surface area (Å²) in [5, 5.41) is 2.53. The third kappa shape index (κ3) is 3.90. The molecule has 1 N–H and O–H groups in total. The Bertz CT molecular complexity index is 906. The Hall–Kier alpha value is -1.96. The van der Waals surface area contributed by atoms with Crippen LogP contribution in [0.1, 0.15) is 19.3 Å². The van der Waals surface area contributed by atoms with Crippen molar-refractivity contribution in [3.05, 3.63) is 59.4 Å². The Kier molecular flexibility index (Phi) is 5.60. The van der Waals surface area contributed by atoms with E-state index in [9.17, 15) is 17.6 Å². The molecule has 1 amide bonds. The zero-order valence-electron chi connectivity index (χ0n) is 13.9. The number of rotatable bonds is 4. The Morgan fingerprint density at radius 3 is 2.58 bits per heavy atom. The first-order valence-electron chi connectivity index (χ1n) is 8.22. The van der Waals surface area contributed by atoms with E-state index in [4.69, 9.17) is 11.6 Å². The van der Waals surface area contributed by atoms with Crippen molar-refractivity contribution < 1.29 is 17.6 Å². The molecule has 0 aromatic heterocycles. The second kappa shape index (κ2) is 7.73. The van der Waals surface area contributed by atoms with E-state index in [2.05, 4.69) is 5.32 Å². The number of hydrogen-bond donors (Lipinski definition) is 1. The molecule has 26 heavy (non-hydrogen) atoms. The second-order valence-corrected chi connectivity index (χ2v) is 8.36. The lowest BCUT2D eigenvalue weighted by Crippen LogP contribution is -2.49. The molecule has 8 heteroatoms. The van der Waals surface area contributed by atoms with Gasteiger partial charge >= 0.3 is 0 Å². The number of hydrogen-bond acceptors (Lipinski definition) is 3. The van der Waals surface area contributed by atoms with Crippen molar-refractivity contribution in [1.29, 1.82) is 0 Å². The minimum atomic E-state index is -3.78. The summed E-state index contributed by atoms with van der Waals surface area (Å²) in [6.07, 6.45) is 1.87. The van der Waals surface area contributed by atoms with Crippen molar-refractivity contribution in [3.63, 3.8) is 0 Å². The minimum absolute atomic E-state index is 0.111. The van der Waals surface area contributed by atoms with Crippen LogP contribution in [0, 0.1) is 5.82 Å². The zero-order chi connectivity index (χ0) is 18.7. The van der Waals surface area contributed by atoms with E-state index >= 15 is 0 Å². The third-order valence-electron chi connectivity index (χ3n) is 4.29. The molecule has 0 spiro atoms. The molecular weight excluding hydrogens is 379 g/mol. The average Bonchev–Trinajstić information content (AvgIpc) is 2.65. The number of sulfonamides is 1. The molecule has 0 bridgehead atoms. The first-order valence-corrected chi connectivity index (χ1v) is 10.0. The monoisotopic (exact) mass is 396 g/mol. The van der Waals surface area contributed by atoms with Gasteiger partial charge in [-0.15, -0.1) is 0 Å². The van der Waals surface area contributed by atoms with Crippen molar-refractivity contribution >= 4 is 33.2 Å². The number of carbonyl (C=O) groups excluding carboxylic acids is 1. The summed E-state index contributed by atoms with van der Waals surface area (Å²) >= 11 is 5.73. The van der Waals surface area contributed by atoms with Crippen molar-refractivity contribution in [2.24, 2.45) is 0 Å². The molecule has 0 unspecified atom stereocenters. The molecule has 1 aliphatic heterocycles. The number of amides is 1. The summed E-state index contributed by atoms with van der Waals surface area (Å²) in [7, 11) is -3.78. The van der Waals surface area contributed by atoms with E-state index in [1.54, 1.807) is 18.2 Å². The van der Waals surface area contributed by atoms with Crippen LogP contribution in [-0.2, 0) is 14.8 Å². The van der Waals surface area contributed by atoms with E-state index in [1.165, 1.54) is 28.6 Å². The second-order valence-electron chi connectivity index (χ2n) is 6.06. The molecule has 5 nitrogen and oxygen atoms in total. The van der Waals surface area contributed by atoms with Crippen LogP contribution in [0.5, 0.6) is 0 Å². The molecule has 0 saturated carbocycles. The molecule has 3 rings (SSSR count). The topological polar surface area (TPSA) is 66.5 Å². The smallest absolute Gasteiger partial charge is 0.243 e. The van der Waals surface area contributed by atoms with E-state index in [-0.39, 0.29) is 16.5 Å². The van der Waals surface area contributed by atoms with Crippen molar-refractivity contribution in [1.82, 2.24) is 4.31 Å². The van der Waals surface area contributed by atoms with Crippen LogP contribution in [0.2, 0.25) is 5.02 Å². The van der Waals surface area contributed by atoms with Crippen molar-refractivity contribution in [3.8, 4) is 0 Å². The SMILES string of the molecule is O=C(Nc1ccc(F)c(Cl)c1)[C@@H]1CCCCN1S(=O)(=O)c1ccccc1. The highest BCUT2D eigenvalue weighted by molar-refractivity contribution is 7.89. The summed E-state index contributed by atoms with van der Waals surface area (Å²) < 4.78 is 40.4. The molecule has 1 fully saturated rings. The average molecular weight is 397 g/mol. The van der Waals surface area contributed by atoms with E-state index < -0.39 is 27.8 Å². The van der Waals surface area contributed by atoms with Crippen LogP contribution in [-0.4, -0.2) is 31.2 Å². The Morgan fingerprint density at radius 2 is 1.88 bits per heavy atom. The number of halogens is 2. The summed E-state index contributed by atoms with van der Waals surface area (Å²) in [6, 6.07) is 11.1. The van der Waals surface area contributed by atoms with Gasteiger partial charge in [-0.1, -0.05) is 36.2 Å². The van der Waals surface area contributed by atoms with Crippen LogP contribution in [0.3, 0.4) is 0 Å². The van der Waals surface area contributed by atoms with Gasteiger partial charge < -0.3 is 5.32 Å². The normalized spacial score (nSPS) is 18.5. The van der Waals surface area contributed by atoms with Gasteiger partial charge in [0.1, 0.15) is 11.9 Å². The van der Waals surface area contributed by atoms with Gasteiger partial charge in [-0.3, -0.25) is 4.79 Å². The van der Waals surface area contributed by atoms with E-state index in [1.807, 2.05) is 0 Å². The predicted octanol–water partition coefficient (Wildman–Crippen LogP) is 3.66. The maximum absolute atomic E-state index is 13.3. The van der Waals surface area contributed by atoms with Crippen LogP contribution < -0.4 is 5.32 Å². The Labute approximate surface area is 156 Å². The van der Waals surface area contributed by atoms with Gasteiger partial charge in [0.05, 0.1) is 9.92 Å². The van der Waals surface area contributed by atoms with E-state index in [0.717, 1.165) is 12.5 Å². The fraction of sp³-hybridized carbons (Fsp3) is 0.278. The van der Waals surface area contributed by atoms with Gasteiger partial charge in [0.15, 0.2) is 0 Å². The highest BCUT2D eigenvalue weighted by Crippen LogP contribution is 2.27. The summed E-state index contributed by atoms with van der Waals surface area (Å²) in [5.41, 5.74) is 0.323. The molecule has 138 valence electrons. The molecule has 1 saturated heterocycles. The molecule has 0 aliphatic carbocycles.